The number of aromatic nitrogens is 1. The highest BCUT2D eigenvalue weighted by molar-refractivity contribution is 6.34. The average molecular weight is 415 g/mol. The molecule has 5 N–H and O–H groups in total. The van der Waals surface area contributed by atoms with Crippen LogP contribution in [0, 0.1) is 5.82 Å². The molecule has 1 aromatic carbocycles. The first-order valence-corrected chi connectivity index (χ1v) is 9.30. The lowest BCUT2D eigenvalue weighted by Crippen LogP contribution is -2.47. The minimum Gasteiger partial charge on any atom is -0.496 e. The van der Waals surface area contributed by atoms with Crippen LogP contribution in [0.15, 0.2) is 30.3 Å². The van der Waals surface area contributed by atoms with Crippen LogP contribution >= 0.6 is 0 Å². The van der Waals surface area contributed by atoms with Crippen molar-refractivity contribution in [1.82, 2.24) is 9.88 Å². The smallest absolute Gasteiger partial charge is 0.311 e. The number of pyridine rings is 1. The third-order valence-corrected chi connectivity index (χ3v) is 4.92. The number of methoxy groups -OCH3 is 1. The molecule has 1 saturated heterocycles. The quantitative estimate of drug-likeness (QED) is 0.487. The summed E-state index contributed by atoms with van der Waals surface area (Å²) < 4.78 is 18.7. The number of benzene rings is 1. The first kappa shape index (κ1) is 21.0. The Labute approximate surface area is 172 Å². The van der Waals surface area contributed by atoms with Crippen LogP contribution in [-0.4, -0.2) is 53.7 Å². The van der Waals surface area contributed by atoms with Crippen molar-refractivity contribution in [3.8, 4) is 5.75 Å². The van der Waals surface area contributed by atoms with Crippen LogP contribution in [0.25, 0.3) is 0 Å². The molecule has 1 aromatic heterocycles. The molecule has 0 saturated carbocycles. The Morgan fingerprint density at radius 3 is 2.47 bits per heavy atom. The van der Waals surface area contributed by atoms with Gasteiger partial charge in [-0.2, -0.15) is 0 Å². The molecule has 0 spiro atoms. The maximum Gasteiger partial charge on any atom is 0.311 e. The van der Waals surface area contributed by atoms with Crippen LogP contribution in [0.1, 0.15) is 28.8 Å². The molecule has 2 aromatic rings. The number of piperidine rings is 1. The number of nitrogens with one attached hydrogen (secondary N) is 1. The number of nitrogens with zero attached hydrogens (tertiary/aromatic N) is 2. The molecule has 2 amide bonds. The zero-order valence-electron chi connectivity index (χ0n) is 16.4. The van der Waals surface area contributed by atoms with E-state index in [9.17, 15) is 18.8 Å². The number of amides is 2. The molecule has 1 aliphatic heterocycles. The maximum atomic E-state index is 13.6. The molecule has 2 heterocycles. The van der Waals surface area contributed by atoms with Crippen LogP contribution < -0.4 is 21.5 Å². The molecule has 158 valence electrons. The summed E-state index contributed by atoms with van der Waals surface area (Å²) in [7, 11) is 1.39. The Kier molecular flexibility index (Phi) is 6.14. The summed E-state index contributed by atoms with van der Waals surface area (Å²) in [6.07, 6.45) is 1.20. The van der Waals surface area contributed by atoms with Crippen LogP contribution in [0.3, 0.4) is 0 Å². The van der Waals surface area contributed by atoms with Gasteiger partial charge in [-0.25, -0.2) is 9.37 Å². The molecule has 0 unspecified atom stereocenters. The first-order valence-electron chi connectivity index (χ1n) is 9.30. The first-order chi connectivity index (χ1) is 14.3. The number of primary amides is 1. The number of likely N-dealkylation sites (tertiary alicyclic amines) is 1. The van der Waals surface area contributed by atoms with Crippen LogP contribution in [0.5, 0.6) is 5.75 Å². The zero-order chi connectivity index (χ0) is 21.8. The molecule has 0 aliphatic carbocycles. The Hall–Kier alpha value is -3.69. The predicted octanol–water partition coefficient (Wildman–Crippen LogP) is 0.931. The Balaban J connectivity index is 1.69. The number of hydrogen-bond donors (Lipinski definition) is 3. The average Bonchev–Trinajstić information content (AvgIpc) is 2.73. The number of nitrogen functional groups attached to an aromatic ring is 1. The van der Waals surface area contributed by atoms with Crippen LogP contribution in [-0.2, 0) is 9.59 Å². The number of rotatable bonds is 5. The fourth-order valence-electron chi connectivity index (χ4n) is 3.34. The third-order valence-electron chi connectivity index (χ3n) is 4.92. The van der Waals surface area contributed by atoms with Crippen molar-refractivity contribution >= 4 is 29.2 Å². The molecular weight excluding hydrogens is 393 g/mol. The summed E-state index contributed by atoms with van der Waals surface area (Å²) in [6.45, 7) is 0.787. The number of carbonyl (C=O) groups is 3. The van der Waals surface area contributed by atoms with Gasteiger partial charge in [0.05, 0.1) is 18.2 Å². The number of halogens is 1. The summed E-state index contributed by atoms with van der Waals surface area (Å²) in [5.74, 6) is -2.02. The number of hydrogen-bond acceptors (Lipinski definition) is 7. The van der Waals surface area contributed by atoms with Gasteiger partial charge in [0.2, 0.25) is 5.78 Å². The third kappa shape index (κ3) is 4.48. The lowest BCUT2D eigenvalue weighted by Gasteiger charge is -2.31. The second kappa shape index (κ2) is 8.76. The second-order valence-corrected chi connectivity index (χ2v) is 6.88. The molecule has 0 bridgehead atoms. The lowest BCUT2D eigenvalue weighted by atomic mass is 10.0. The molecule has 9 nitrogen and oxygen atoms in total. The van der Waals surface area contributed by atoms with E-state index in [1.54, 1.807) is 6.07 Å². The van der Waals surface area contributed by atoms with Gasteiger partial charge in [-0.15, -0.1) is 0 Å². The van der Waals surface area contributed by atoms with Gasteiger partial charge < -0.3 is 26.4 Å². The molecule has 3 rings (SSSR count). The van der Waals surface area contributed by atoms with Crippen LogP contribution in [0.2, 0.25) is 0 Å². The Morgan fingerprint density at radius 1 is 1.17 bits per heavy atom. The van der Waals surface area contributed by atoms with Gasteiger partial charge in [-0.05, 0) is 43.2 Å². The topological polar surface area (TPSA) is 141 Å². The highest BCUT2D eigenvalue weighted by Crippen LogP contribution is 2.26. The monoisotopic (exact) mass is 415 g/mol. The van der Waals surface area contributed by atoms with E-state index in [4.69, 9.17) is 16.2 Å². The predicted molar refractivity (Wildman–Crippen MR) is 107 cm³/mol. The molecule has 0 radical (unpaired) electrons. The van der Waals surface area contributed by atoms with Gasteiger partial charge in [-0.1, -0.05) is 0 Å². The van der Waals surface area contributed by atoms with Crippen molar-refractivity contribution in [1.29, 1.82) is 0 Å². The van der Waals surface area contributed by atoms with Crippen molar-refractivity contribution in [2.75, 3.05) is 31.2 Å². The summed E-state index contributed by atoms with van der Waals surface area (Å²) in [6, 6.07) is 6.80. The van der Waals surface area contributed by atoms with Crippen molar-refractivity contribution in [3.05, 3.63) is 47.3 Å². The Bertz CT molecular complexity index is 989. The standard InChI is InChI=1S/C20H22FN5O4/c1-30-15-4-2-11(21)10-14(15)17(27)13-3-5-16(25-18(13)22)24-12-6-8-26(9-7-12)20(29)19(23)28/h2-5,10,12H,6-9H2,1H3,(H2,23,28)(H3,22,24,25). The molecule has 0 atom stereocenters. The minimum atomic E-state index is -0.967. The molecule has 30 heavy (non-hydrogen) atoms. The summed E-state index contributed by atoms with van der Waals surface area (Å²) in [4.78, 5) is 41.1. The van der Waals surface area contributed by atoms with Crippen LogP contribution in [0.4, 0.5) is 16.0 Å². The van der Waals surface area contributed by atoms with E-state index in [2.05, 4.69) is 10.3 Å². The van der Waals surface area contributed by atoms with Gasteiger partial charge >= 0.3 is 11.8 Å². The van der Waals surface area contributed by atoms with Gasteiger partial charge in [0, 0.05) is 19.1 Å². The van der Waals surface area contributed by atoms with E-state index >= 15 is 0 Å². The highest BCUT2D eigenvalue weighted by atomic mass is 19.1. The molecular formula is C20H22FN5O4. The summed E-state index contributed by atoms with van der Waals surface area (Å²) in [5.41, 5.74) is 11.2. The van der Waals surface area contributed by atoms with Gasteiger partial charge in [0.1, 0.15) is 23.2 Å². The van der Waals surface area contributed by atoms with Gasteiger partial charge in [0.15, 0.2) is 0 Å². The van der Waals surface area contributed by atoms with Crippen molar-refractivity contribution in [2.24, 2.45) is 5.73 Å². The van der Waals surface area contributed by atoms with E-state index in [0.717, 1.165) is 6.07 Å². The maximum absolute atomic E-state index is 13.6. The number of anilines is 2. The number of ether oxygens (including phenoxy) is 1. The fraction of sp³-hybridized carbons (Fsp3) is 0.300. The number of nitrogens with two attached hydrogens (primary N) is 2. The normalized spacial score (nSPS) is 14.3. The van der Waals surface area contributed by atoms with E-state index < -0.39 is 23.4 Å². The van der Waals surface area contributed by atoms with Crippen molar-refractivity contribution in [3.63, 3.8) is 0 Å². The molecule has 10 heteroatoms. The minimum absolute atomic E-state index is 0.00217. The number of carbonyl (C=O) groups excluding carboxylic acids is 3. The van der Waals surface area contributed by atoms with Gasteiger partial charge in [0.25, 0.3) is 0 Å². The lowest BCUT2D eigenvalue weighted by molar-refractivity contribution is -0.144. The molecule has 1 fully saturated rings. The van der Waals surface area contributed by atoms with Crippen molar-refractivity contribution < 1.29 is 23.5 Å². The Morgan fingerprint density at radius 2 is 1.87 bits per heavy atom. The largest absolute Gasteiger partial charge is 0.496 e. The van der Waals surface area contributed by atoms with E-state index in [1.807, 2.05) is 0 Å². The molecule has 1 aliphatic rings. The van der Waals surface area contributed by atoms with Gasteiger partial charge in [-0.3, -0.25) is 14.4 Å². The van der Waals surface area contributed by atoms with E-state index in [0.29, 0.717) is 31.7 Å². The summed E-state index contributed by atoms with van der Waals surface area (Å²) >= 11 is 0. The van der Waals surface area contributed by atoms with Crippen molar-refractivity contribution in [2.45, 2.75) is 18.9 Å². The summed E-state index contributed by atoms with van der Waals surface area (Å²) in [5, 5.41) is 3.21. The van der Waals surface area contributed by atoms with E-state index in [1.165, 1.54) is 30.2 Å². The van der Waals surface area contributed by atoms with E-state index in [-0.39, 0.29) is 28.7 Å². The SMILES string of the molecule is COc1ccc(F)cc1C(=O)c1ccc(NC2CCN(C(=O)C(N)=O)CC2)nc1N. The number of ketones is 1. The zero-order valence-corrected chi connectivity index (χ0v) is 16.4. The second-order valence-electron chi connectivity index (χ2n) is 6.88. The highest BCUT2D eigenvalue weighted by Gasteiger charge is 2.26. The fourth-order valence-corrected chi connectivity index (χ4v) is 3.34.